The summed E-state index contributed by atoms with van der Waals surface area (Å²) < 4.78 is 5.19. The van der Waals surface area contributed by atoms with Crippen molar-refractivity contribution in [2.75, 3.05) is 5.88 Å². The fourth-order valence-corrected chi connectivity index (χ4v) is 6.52. The molecule has 10 heteroatoms. The summed E-state index contributed by atoms with van der Waals surface area (Å²) >= 11 is 1.44. The van der Waals surface area contributed by atoms with E-state index < -0.39 is 34.7 Å². The van der Waals surface area contributed by atoms with E-state index in [1.807, 2.05) is 74.5 Å². The SMILES string of the molecule is Cc1c(O)cccc1C(=O)N[C@@H](Cc1ccccc1)[C@H](O)C(=O)N1CSC(C)(C)[C@H]1C(=O)NCc1cc2ccccc2o1. The van der Waals surface area contributed by atoms with E-state index in [4.69, 9.17) is 4.42 Å². The summed E-state index contributed by atoms with van der Waals surface area (Å²) in [5.74, 6) is -0.799. The lowest BCUT2D eigenvalue weighted by molar-refractivity contribution is -0.147. The molecule has 1 saturated heterocycles. The van der Waals surface area contributed by atoms with Crippen molar-refractivity contribution in [3.63, 3.8) is 0 Å². The molecule has 0 unspecified atom stereocenters. The highest BCUT2D eigenvalue weighted by Gasteiger charge is 2.49. The molecule has 9 nitrogen and oxygen atoms in total. The number of hydrogen-bond donors (Lipinski definition) is 4. The van der Waals surface area contributed by atoms with Gasteiger partial charge in [-0.1, -0.05) is 54.6 Å². The monoisotopic (exact) mass is 601 g/mol. The first-order valence-electron chi connectivity index (χ1n) is 14.1. The molecule has 3 atom stereocenters. The molecule has 3 aromatic carbocycles. The van der Waals surface area contributed by atoms with Gasteiger partial charge in [-0.2, -0.15) is 0 Å². The number of phenolic OH excluding ortho intramolecular Hbond substituents is 1. The van der Waals surface area contributed by atoms with E-state index in [0.717, 1.165) is 16.5 Å². The number of thioether (sulfide) groups is 1. The van der Waals surface area contributed by atoms with Crippen molar-refractivity contribution in [1.29, 1.82) is 0 Å². The smallest absolute Gasteiger partial charge is 0.254 e. The van der Waals surface area contributed by atoms with Crippen molar-refractivity contribution in [1.82, 2.24) is 15.5 Å². The Labute approximate surface area is 254 Å². The van der Waals surface area contributed by atoms with Crippen molar-refractivity contribution in [2.24, 2.45) is 0 Å². The standard InChI is InChI=1S/C33H35N3O6S/c1-20-24(13-9-14-26(20)37)30(39)35-25(16-21-10-5-4-6-11-21)28(38)32(41)36-19-43-33(2,3)29(36)31(40)34-18-23-17-22-12-7-8-15-27(22)42-23/h4-15,17,25,28-29,37-38H,16,18-19H2,1-3H3,(H,34,40)(H,35,39)/t25-,28-,29+/m0/s1. The molecule has 0 saturated carbocycles. The molecule has 0 aliphatic carbocycles. The van der Waals surface area contributed by atoms with Crippen molar-refractivity contribution >= 4 is 40.5 Å². The number of aliphatic hydroxyl groups is 1. The van der Waals surface area contributed by atoms with Gasteiger partial charge in [0.05, 0.1) is 18.5 Å². The predicted molar refractivity (Wildman–Crippen MR) is 165 cm³/mol. The van der Waals surface area contributed by atoms with Crippen molar-refractivity contribution in [3.05, 3.63) is 101 Å². The van der Waals surface area contributed by atoms with E-state index in [9.17, 15) is 24.6 Å². The van der Waals surface area contributed by atoms with Gasteiger partial charge in [0.1, 0.15) is 23.1 Å². The lowest BCUT2D eigenvalue weighted by Crippen LogP contribution is -2.58. The third-order valence-corrected chi connectivity index (χ3v) is 9.16. The van der Waals surface area contributed by atoms with Gasteiger partial charge in [0, 0.05) is 21.3 Å². The summed E-state index contributed by atoms with van der Waals surface area (Å²) in [7, 11) is 0. The van der Waals surface area contributed by atoms with Crippen LogP contribution < -0.4 is 10.6 Å². The molecule has 1 aliphatic rings. The van der Waals surface area contributed by atoms with Crippen LogP contribution in [0.4, 0.5) is 0 Å². The lowest BCUT2D eigenvalue weighted by Gasteiger charge is -2.33. The van der Waals surface area contributed by atoms with Crippen molar-refractivity contribution in [3.8, 4) is 5.75 Å². The Bertz CT molecular complexity index is 1600. The predicted octanol–water partition coefficient (Wildman–Crippen LogP) is 4.15. The quantitative estimate of drug-likeness (QED) is 0.227. The molecule has 1 aliphatic heterocycles. The Hall–Kier alpha value is -4.28. The first-order valence-corrected chi connectivity index (χ1v) is 15.0. The van der Waals surface area contributed by atoms with Gasteiger partial charge in [0.25, 0.3) is 11.8 Å². The van der Waals surface area contributed by atoms with E-state index in [1.54, 1.807) is 19.1 Å². The van der Waals surface area contributed by atoms with Crippen LogP contribution in [-0.4, -0.2) is 61.6 Å². The topological polar surface area (TPSA) is 132 Å². The van der Waals surface area contributed by atoms with E-state index in [1.165, 1.54) is 22.7 Å². The number of fused-ring (bicyclic) bond motifs is 1. The molecule has 43 heavy (non-hydrogen) atoms. The van der Waals surface area contributed by atoms with Gasteiger partial charge in [0.15, 0.2) is 6.10 Å². The maximum Gasteiger partial charge on any atom is 0.254 e. The summed E-state index contributed by atoms with van der Waals surface area (Å²) in [4.78, 5) is 42.1. The van der Waals surface area contributed by atoms with E-state index in [-0.39, 0.29) is 36.1 Å². The van der Waals surface area contributed by atoms with E-state index >= 15 is 0 Å². The van der Waals surface area contributed by atoms with Crippen LogP contribution in [0.2, 0.25) is 0 Å². The van der Waals surface area contributed by atoms with Crippen molar-refractivity contribution < 1.29 is 29.0 Å². The maximum atomic E-state index is 13.9. The second kappa shape index (κ2) is 12.5. The zero-order valence-corrected chi connectivity index (χ0v) is 25.1. The van der Waals surface area contributed by atoms with Gasteiger partial charge < -0.3 is 30.2 Å². The third kappa shape index (κ3) is 6.55. The first kappa shape index (κ1) is 30.2. The second-order valence-electron chi connectivity index (χ2n) is 11.2. The van der Waals surface area contributed by atoms with E-state index in [0.29, 0.717) is 11.3 Å². The lowest BCUT2D eigenvalue weighted by atomic mass is 9.96. The zero-order chi connectivity index (χ0) is 30.7. The molecule has 5 rings (SSSR count). The van der Waals surface area contributed by atoms with Crippen LogP contribution in [-0.2, 0) is 22.6 Å². The molecule has 3 amide bonds. The Kier molecular flexibility index (Phi) is 8.79. The molecular weight excluding hydrogens is 566 g/mol. The number of hydrogen-bond acceptors (Lipinski definition) is 7. The van der Waals surface area contributed by atoms with Crippen LogP contribution in [0.5, 0.6) is 5.75 Å². The molecule has 0 radical (unpaired) electrons. The molecule has 0 spiro atoms. The molecule has 4 N–H and O–H groups in total. The van der Waals surface area contributed by atoms with Crippen LogP contribution in [0.1, 0.15) is 41.1 Å². The summed E-state index contributed by atoms with van der Waals surface area (Å²) in [6.07, 6.45) is -1.47. The number of benzene rings is 3. The molecule has 224 valence electrons. The van der Waals surface area contributed by atoms with Gasteiger partial charge in [-0.3, -0.25) is 14.4 Å². The first-order chi connectivity index (χ1) is 20.5. The van der Waals surface area contributed by atoms with Crippen molar-refractivity contribution in [2.45, 2.75) is 56.7 Å². The van der Waals surface area contributed by atoms with Crippen LogP contribution in [0, 0.1) is 6.92 Å². The molecule has 2 heterocycles. The minimum absolute atomic E-state index is 0.0308. The van der Waals surface area contributed by atoms with Gasteiger partial charge >= 0.3 is 0 Å². The number of furan rings is 1. The number of nitrogens with one attached hydrogen (secondary N) is 2. The minimum atomic E-state index is -1.64. The summed E-state index contributed by atoms with van der Waals surface area (Å²) in [6, 6.07) is 21.4. The Morgan fingerprint density at radius 2 is 1.77 bits per heavy atom. The molecule has 1 fully saturated rings. The fraction of sp³-hybridized carbons (Fsp3) is 0.303. The minimum Gasteiger partial charge on any atom is -0.508 e. The maximum absolute atomic E-state index is 13.9. The fourth-order valence-electron chi connectivity index (χ4n) is 5.37. The van der Waals surface area contributed by atoms with Gasteiger partial charge in [0.2, 0.25) is 5.91 Å². The van der Waals surface area contributed by atoms with Crippen LogP contribution in [0.25, 0.3) is 11.0 Å². The van der Waals surface area contributed by atoms with Gasteiger partial charge in [-0.15, -0.1) is 11.8 Å². The number of carbonyl (C=O) groups is 3. The highest BCUT2D eigenvalue weighted by molar-refractivity contribution is 8.00. The summed E-state index contributed by atoms with van der Waals surface area (Å²) in [5, 5.41) is 28.2. The average Bonchev–Trinajstić information content (AvgIpc) is 3.56. The Morgan fingerprint density at radius 1 is 1.05 bits per heavy atom. The second-order valence-corrected chi connectivity index (χ2v) is 12.8. The zero-order valence-electron chi connectivity index (χ0n) is 24.2. The number of para-hydroxylation sites is 1. The van der Waals surface area contributed by atoms with Gasteiger partial charge in [-0.05, 0) is 57.0 Å². The molecule has 0 bridgehead atoms. The number of phenols is 1. The number of carbonyl (C=O) groups excluding carboxylic acids is 3. The molecule has 4 aromatic rings. The normalized spacial score (nSPS) is 17.4. The highest BCUT2D eigenvalue weighted by Crippen LogP contribution is 2.40. The summed E-state index contributed by atoms with van der Waals surface area (Å²) in [5.41, 5.74) is 2.15. The Morgan fingerprint density at radius 3 is 2.51 bits per heavy atom. The van der Waals surface area contributed by atoms with Gasteiger partial charge in [-0.25, -0.2) is 0 Å². The average molecular weight is 602 g/mol. The molecular formula is C33H35N3O6S. The van der Waals surface area contributed by atoms with E-state index in [2.05, 4.69) is 10.6 Å². The third-order valence-electron chi connectivity index (χ3n) is 7.79. The highest BCUT2D eigenvalue weighted by atomic mass is 32.2. The number of rotatable bonds is 9. The number of amides is 3. The van der Waals surface area contributed by atoms with Crippen LogP contribution in [0.15, 0.2) is 83.3 Å². The van der Waals surface area contributed by atoms with Crippen LogP contribution in [0.3, 0.4) is 0 Å². The van der Waals surface area contributed by atoms with Crippen LogP contribution >= 0.6 is 11.8 Å². The number of nitrogens with zero attached hydrogens (tertiary/aromatic N) is 1. The largest absolute Gasteiger partial charge is 0.508 e. The Balaban J connectivity index is 1.35. The molecule has 1 aromatic heterocycles. The number of aliphatic hydroxyl groups excluding tert-OH is 1. The number of aromatic hydroxyl groups is 1. The summed E-state index contributed by atoms with van der Waals surface area (Å²) in [6.45, 7) is 5.54.